The number of hydrogen-bond acceptors (Lipinski definition) is 4. The number of piperidine rings is 1. The van der Waals surface area contributed by atoms with Crippen LogP contribution in [-0.2, 0) is 17.8 Å². The van der Waals surface area contributed by atoms with E-state index >= 15 is 0 Å². The van der Waals surface area contributed by atoms with Gasteiger partial charge >= 0.3 is 5.69 Å². The number of ether oxygens (including phenoxy) is 1. The van der Waals surface area contributed by atoms with Crippen molar-refractivity contribution in [3.63, 3.8) is 0 Å². The van der Waals surface area contributed by atoms with Crippen molar-refractivity contribution in [2.45, 2.75) is 38.8 Å². The van der Waals surface area contributed by atoms with Crippen molar-refractivity contribution in [2.24, 2.45) is 0 Å². The maximum absolute atomic E-state index is 12.6. The van der Waals surface area contributed by atoms with Gasteiger partial charge in [-0.3, -0.25) is 9.36 Å². The highest BCUT2D eigenvalue weighted by molar-refractivity contribution is 5.94. The van der Waals surface area contributed by atoms with Crippen LogP contribution in [0.25, 0.3) is 0 Å². The van der Waals surface area contributed by atoms with E-state index in [4.69, 9.17) is 4.74 Å². The molecule has 1 aliphatic rings. The van der Waals surface area contributed by atoms with Crippen LogP contribution < -0.4 is 5.69 Å². The predicted molar refractivity (Wildman–Crippen MR) is 98.4 cm³/mol. The molecule has 1 fully saturated rings. The Morgan fingerprint density at radius 3 is 2.54 bits per heavy atom. The van der Waals surface area contributed by atoms with Gasteiger partial charge in [0.2, 0.25) is 0 Å². The van der Waals surface area contributed by atoms with E-state index in [1.165, 1.54) is 4.68 Å². The fraction of sp³-hybridized carbons (Fsp3) is 0.526. The summed E-state index contributed by atoms with van der Waals surface area (Å²) in [7, 11) is 1.61. The topological polar surface area (TPSA) is 69.4 Å². The van der Waals surface area contributed by atoms with Crippen LogP contribution in [0.15, 0.2) is 35.1 Å². The van der Waals surface area contributed by atoms with E-state index in [2.05, 4.69) is 5.10 Å². The third-order valence-electron chi connectivity index (χ3n) is 4.94. The van der Waals surface area contributed by atoms with Gasteiger partial charge < -0.3 is 9.64 Å². The van der Waals surface area contributed by atoms with Gasteiger partial charge in [-0.2, -0.15) is 5.10 Å². The van der Waals surface area contributed by atoms with Crippen LogP contribution in [0.4, 0.5) is 0 Å². The Morgan fingerprint density at radius 1 is 1.23 bits per heavy atom. The van der Waals surface area contributed by atoms with Crippen molar-refractivity contribution in [3.8, 4) is 0 Å². The van der Waals surface area contributed by atoms with Crippen LogP contribution in [0.5, 0.6) is 0 Å². The number of carbonyl (C=O) groups is 1. The first-order chi connectivity index (χ1) is 12.7. The minimum Gasteiger partial charge on any atom is -0.383 e. The van der Waals surface area contributed by atoms with Gasteiger partial charge in [0, 0.05) is 38.2 Å². The second-order valence-corrected chi connectivity index (χ2v) is 6.53. The maximum atomic E-state index is 12.6. The van der Waals surface area contributed by atoms with E-state index in [-0.39, 0.29) is 17.5 Å². The Labute approximate surface area is 153 Å². The summed E-state index contributed by atoms with van der Waals surface area (Å²) < 4.78 is 8.29. The number of methoxy groups -OCH3 is 1. The van der Waals surface area contributed by atoms with Gasteiger partial charge in [-0.25, -0.2) is 9.48 Å². The second kappa shape index (κ2) is 8.31. The minimum atomic E-state index is -0.0812. The van der Waals surface area contributed by atoms with Crippen LogP contribution in [0.2, 0.25) is 0 Å². The molecule has 0 saturated carbocycles. The molecule has 2 heterocycles. The van der Waals surface area contributed by atoms with Gasteiger partial charge in [0.15, 0.2) is 0 Å². The molecule has 1 amide bonds. The summed E-state index contributed by atoms with van der Waals surface area (Å²) in [5.41, 5.74) is 0.641. The lowest BCUT2D eigenvalue weighted by Gasteiger charge is -2.31. The molecule has 7 nitrogen and oxygen atoms in total. The molecule has 0 N–H and O–H groups in total. The molecule has 1 aromatic heterocycles. The predicted octanol–water partition coefficient (Wildman–Crippen LogP) is 1.73. The molecule has 1 saturated heterocycles. The van der Waals surface area contributed by atoms with E-state index in [0.29, 0.717) is 32.8 Å². The molecule has 0 radical (unpaired) electrons. The van der Waals surface area contributed by atoms with E-state index in [1.807, 2.05) is 42.2 Å². The maximum Gasteiger partial charge on any atom is 0.345 e. The monoisotopic (exact) mass is 358 g/mol. The van der Waals surface area contributed by atoms with Crippen LogP contribution in [0, 0.1) is 0 Å². The van der Waals surface area contributed by atoms with Gasteiger partial charge in [-0.05, 0) is 31.9 Å². The van der Waals surface area contributed by atoms with Gasteiger partial charge in [-0.1, -0.05) is 18.2 Å². The average molecular weight is 358 g/mol. The number of carbonyl (C=O) groups excluding carboxylic acids is 1. The lowest BCUT2D eigenvalue weighted by Crippen LogP contribution is -2.38. The lowest BCUT2D eigenvalue weighted by atomic mass is 9.95. The molecule has 7 heteroatoms. The number of rotatable bonds is 6. The second-order valence-electron chi connectivity index (χ2n) is 6.53. The van der Waals surface area contributed by atoms with Gasteiger partial charge in [-0.15, -0.1) is 0 Å². The van der Waals surface area contributed by atoms with Crippen LogP contribution in [0.1, 0.15) is 41.9 Å². The number of hydrogen-bond donors (Lipinski definition) is 0. The summed E-state index contributed by atoms with van der Waals surface area (Å²) in [6, 6.07) is 9.37. The highest BCUT2D eigenvalue weighted by Crippen LogP contribution is 2.27. The number of likely N-dealkylation sites (tertiary alicyclic amines) is 1. The molecule has 3 rings (SSSR count). The molecule has 0 spiro atoms. The van der Waals surface area contributed by atoms with Gasteiger partial charge in [0.05, 0.1) is 13.2 Å². The molecular formula is C19H26N4O3. The van der Waals surface area contributed by atoms with Crippen LogP contribution in [-0.4, -0.2) is 52.0 Å². The number of nitrogens with zero attached hydrogens (tertiary/aromatic N) is 4. The summed E-state index contributed by atoms with van der Waals surface area (Å²) in [6.45, 7) is 4.85. The highest BCUT2D eigenvalue weighted by atomic mass is 16.5. The first-order valence-corrected chi connectivity index (χ1v) is 9.16. The number of amides is 1. The third-order valence-corrected chi connectivity index (χ3v) is 4.94. The molecule has 1 aromatic carbocycles. The number of benzene rings is 1. The Bertz CT molecular complexity index is 789. The summed E-state index contributed by atoms with van der Waals surface area (Å²) in [6.07, 6.45) is 1.64. The zero-order chi connectivity index (χ0) is 18.5. The highest BCUT2D eigenvalue weighted by Gasteiger charge is 2.28. The molecule has 26 heavy (non-hydrogen) atoms. The molecular weight excluding hydrogens is 332 g/mol. The third kappa shape index (κ3) is 3.72. The van der Waals surface area contributed by atoms with Crippen molar-refractivity contribution in [3.05, 3.63) is 52.2 Å². The Morgan fingerprint density at radius 2 is 1.92 bits per heavy atom. The quantitative estimate of drug-likeness (QED) is 0.789. The summed E-state index contributed by atoms with van der Waals surface area (Å²) in [5.74, 6) is 1.11. The Kier molecular flexibility index (Phi) is 5.88. The van der Waals surface area contributed by atoms with E-state index in [9.17, 15) is 9.59 Å². The molecule has 0 aliphatic carbocycles. The summed E-state index contributed by atoms with van der Waals surface area (Å²) in [5, 5.41) is 4.55. The first kappa shape index (κ1) is 18.4. The van der Waals surface area contributed by atoms with E-state index < -0.39 is 0 Å². The fourth-order valence-corrected chi connectivity index (χ4v) is 3.48. The van der Waals surface area contributed by atoms with Crippen LogP contribution >= 0.6 is 0 Å². The fourth-order valence-electron chi connectivity index (χ4n) is 3.48. The van der Waals surface area contributed by atoms with Gasteiger partial charge in [0.1, 0.15) is 5.82 Å². The molecule has 0 unspecified atom stereocenters. The molecule has 1 aliphatic heterocycles. The average Bonchev–Trinajstić information content (AvgIpc) is 3.02. The zero-order valence-corrected chi connectivity index (χ0v) is 15.4. The minimum absolute atomic E-state index is 0.0718. The van der Waals surface area contributed by atoms with Crippen molar-refractivity contribution >= 4 is 5.91 Å². The zero-order valence-electron chi connectivity index (χ0n) is 15.4. The largest absolute Gasteiger partial charge is 0.383 e. The molecule has 0 bridgehead atoms. The standard InChI is InChI=1S/C19H26N4O3/c1-3-22-17(20-23(19(22)25)13-14-26-2)15-9-11-21(12-10-15)18(24)16-7-5-4-6-8-16/h4-8,15H,3,9-14H2,1-2H3. The summed E-state index contributed by atoms with van der Waals surface area (Å²) in [4.78, 5) is 26.9. The molecule has 0 atom stereocenters. The molecule has 140 valence electrons. The Hall–Kier alpha value is -2.41. The van der Waals surface area contributed by atoms with Crippen molar-refractivity contribution in [2.75, 3.05) is 26.8 Å². The SMILES string of the molecule is CCn1c(C2CCN(C(=O)c3ccccc3)CC2)nn(CCOC)c1=O. The smallest absolute Gasteiger partial charge is 0.345 e. The first-order valence-electron chi connectivity index (χ1n) is 9.16. The van der Waals surface area contributed by atoms with Crippen LogP contribution in [0.3, 0.4) is 0 Å². The Balaban J connectivity index is 1.70. The van der Waals surface area contributed by atoms with Gasteiger partial charge in [0.25, 0.3) is 5.91 Å². The van der Waals surface area contributed by atoms with Crippen molar-refractivity contribution < 1.29 is 9.53 Å². The normalized spacial score (nSPS) is 15.4. The van der Waals surface area contributed by atoms with Crippen molar-refractivity contribution in [1.29, 1.82) is 0 Å². The summed E-state index contributed by atoms with van der Waals surface area (Å²) >= 11 is 0. The number of aromatic nitrogens is 3. The lowest BCUT2D eigenvalue weighted by molar-refractivity contribution is 0.0710. The van der Waals surface area contributed by atoms with E-state index in [1.54, 1.807) is 11.7 Å². The van der Waals surface area contributed by atoms with Crippen molar-refractivity contribution in [1.82, 2.24) is 19.2 Å². The molecule has 2 aromatic rings. The van der Waals surface area contributed by atoms with E-state index in [0.717, 1.165) is 24.2 Å².